The molecular formula is C21H24FN3O2. The standard InChI is InChI=1S/C21H24FN3O2/c1-21(24,9-10-23)19(13-3-6-16(26)7-4-13)17-12-14-11-15(22)5-8-18(14)25-20(17)27-2/h3-8,11-12,19,26H,9-10,23-24H2,1-2H3. The van der Waals surface area contributed by atoms with Gasteiger partial charge in [-0.15, -0.1) is 0 Å². The van der Waals surface area contributed by atoms with Crippen molar-refractivity contribution in [2.24, 2.45) is 11.5 Å². The first-order valence-corrected chi connectivity index (χ1v) is 8.78. The number of hydrogen-bond donors (Lipinski definition) is 3. The zero-order chi connectivity index (χ0) is 19.6. The fourth-order valence-corrected chi connectivity index (χ4v) is 3.55. The number of fused-ring (bicyclic) bond motifs is 1. The zero-order valence-electron chi connectivity index (χ0n) is 15.4. The van der Waals surface area contributed by atoms with Crippen LogP contribution in [0.25, 0.3) is 10.9 Å². The molecule has 6 heteroatoms. The van der Waals surface area contributed by atoms with Crippen LogP contribution < -0.4 is 16.2 Å². The van der Waals surface area contributed by atoms with Crippen molar-refractivity contribution in [1.29, 1.82) is 0 Å². The number of halogens is 1. The van der Waals surface area contributed by atoms with Crippen LogP contribution in [0.1, 0.15) is 30.4 Å². The fourth-order valence-electron chi connectivity index (χ4n) is 3.55. The first-order valence-electron chi connectivity index (χ1n) is 8.78. The molecule has 142 valence electrons. The van der Waals surface area contributed by atoms with E-state index in [1.807, 2.05) is 25.1 Å². The van der Waals surface area contributed by atoms with E-state index in [0.29, 0.717) is 29.7 Å². The highest BCUT2D eigenvalue weighted by atomic mass is 19.1. The highest BCUT2D eigenvalue weighted by Gasteiger charge is 2.35. The van der Waals surface area contributed by atoms with Crippen molar-refractivity contribution in [3.8, 4) is 11.6 Å². The van der Waals surface area contributed by atoms with Crippen molar-refractivity contribution in [2.75, 3.05) is 13.7 Å². The lowest BCUT2D eigenvalue weighted by atomic mass is 9.75. The van der Waals surface area contributed by atoms with Gasteiger partial charge in [-0.2, -0.15) is 0 Å². The van der Waals surface area contributed by atoms with Crippen LogP contribution in [0.4, 0.5) is 4.39 Å². The van der Waals surface area contributed by atoms with E-state index < -0.39 is 5.54 Å². The molecule has 0 radical (unpaired) electrons. The molecule has 0 amide bonds. The largest absolute Gasteiger partial charge is 0.508 e. The molecule has 0 aliphatic heterocycles. The van der Waals surface area contributed by atoms with Crippen molar-refractivity contribution in [3.63, 3.8) is 0 Å². The van der Waals surface area contributed by atoms with Gasteiger partial charge in [0.1, 0.15) is 11.6 Å². The summed E-state index contributed by atoms with van der Waals surface area (Å²) < 4.78 is 19.3. The molecule has 0 bridgehead atoms. The van der Waals surface area contributed by atoms with E-state index in [1.54, 1.807) is 25.3 Å². The normalized spacial score (nSPS) is 14.7. The van der Waals surface area contributed by atoms with E-state index >= 15 is 0 Å². The molecule has 1 heterocycles. The molecule has 2 unspecified atom stereocenters. The van der Waals surface area contributed by atoms with Crippen LogP contribution in [0, 0.1) is 5.82 Å². The van der Waals surface area contributed by atoms with Crippen molar-refractivity contribution in [3.05, 3.63) is 65.5 Å². The number of phenolic OH excluding ortho intramolecular Hbond substituents is 1. The van der Waals surface area contributed by atoms with Gasteiger partial charge in [0.2, 0.25) is 5.88 Å². The third-order valence-corrected chi connectivity index (χ3v) is 4.84. The number of aromatic hydroxyl groups is 1. The van der Waals surface area contributed by atoms with Crippen molar-refractivity contribution >= 4 is 10.9 Å². The highest BCUT2D eigenvalue weighted by molar-refractivity contribution is 5.80. The first kappa shape index (κ1) is 19.1. The fraction of sp³-hybridized carbons (Fsp3) is 0.286. The Kier molecular flexibility index (Phi) is 5.30. The number of pyridine rings is 1. The Morgan fingerprint density at radius 3 is 2.52 bits per heavy atom. The number of nitrogens with two attached hydrogens (primary N) is 2. The van der Waals surface area contributed by atoms with Crippen LogP contribution in [0.2, 0.25) is 0 Å². The third kappa shape index (κ3) is 3.86. The third-order valence-electron chi connectivity index (χ3n) is 4.84. The van der Waals surface area contributed by atoms with Gasteiger partial charge in [-0.1, -0.05) is 12.1 Å². The molecule has 0 saturated heterocycles. The molecule has 1 aromatic heterocycles. The summed E-state index contributed by atoms with van der Waals surface area (Å²) in [6.07, 6.45) is 0.558. The Morgan fingerprint density at radius 1 is 1.19 bits per heavy atom. The summed E-state index contributed by atoms with van der Waals surface area (Å²) in [4.78, 5) is 4.55. The Hall–Kier alpha value is -2.70. The second-order valence-corrected chi connectivity index (χ2v) is 6.99. The smallest absolute Gasteiger partial charge is 0.217 e. The number of phenols is 1. The van der Waals surface area contributed by atoms with E-state index in [2.05, 4.69) is 4.98 Å². The van der Waals surface area contributed by atoms with Gasteiger partial charge in [-0.25, -0.2) is 9.37 Å². The van der Waals surface area contributed by atoms with Crippen LogP contribution in [0.15, 0.2) is 48.5 Å². The summed E-state index contributed by atoms with van der Waals surface area (Å²) in [5.74, 6) is -0.0440. The average Bonchev–Trinajstić information content (AvgIpc) is 2.62. The maximum atomic E-state index is 13.7. The van der Waals surface area contributed by atoms with Crippen molar-refractivity contribution in [1.82, 2.24) is 4.98 Å². The van der Waals surface area contributed by atoms with Gasteiger partial charge in [-0.3, -0.25) is 0 Å². The van der Waals surface area contributed by atoms with Crippen LogP contribution in [0.3, 0.4) is 0 Å². The number of methoxy groups -OCH3 is 1. The minimum absolute atomic E-state index is 0.167. The summed E-state index contributed by atoms with van der Waals surface area (Å²) in [6.45, 7) is 2.34. The Labute approximate surface area is 157 Å². The lowest BCUT2D eigenvalue weighted by Crippen LogP contribution is -2.45. The molecule has 2 atom stereocenters. The second-order valence-electron chi connectivity index (χ2n) is 6.99. The summed E-state index contributed by atoms with van der Waals surface area (Å²) in [7, 11) is 1.55. The summed E-state index contributed by atoms with van der Waals surface area (Å²) >= 11 is 0. The van der Waals surface area contributed by atoms with Crippen LogP contribution in [0.5, 0.6) is 11.6 Å². The number of rotatable bonds is 6. The molecule has 5 nitrogen and oxygen atoms in total. The molecular weight excluding hydrogens is 345 g/mol. The van der Waals surface area contributed by atoms with E-state index in [9.17, 15) is 9.50 Å². The monoisotopic (exact) mass is 369 g/mol. The van der Waals surface area contributed by atoms with Crippen LogP contribution in [-0.4, -0.2) is 29.3 Å². The van der Waals surface area contributed by atoms with Crippen molar-refractivity contribution < 1.29 is 14.2 Å². The molecule has 0 aliphatic rings. The maximum absolute atomic E-state index is 13.7. The molecule has 0 spiro atoms. The van der Waals surface area contributed by atoms with Gasteiger partial charge in [0, 0.05) is 22.4 Å². The zero-order valence-corrected chi connectivity index (χ0v) is 15.4. The Morgan fingerprint density at radius 2 is 1.89 bits per heavy atom. The summed E-state index contributed by atoms with van der Waals surface area (Å²) in [5.41, 5.74) is 14.0. The minimum atomic E-state index is -0.707. The highest BCUT2D eigenvalue weighted by Crippen LogP contribution is 2.40. The molecule has 5 N–H and O–H groups in total. The van der Waals surface area contributed by atoms with Crippen LogP contribution >= 0.6 is 0 Å². The molecule has 2 aromatic carbocycles. The lowest BCUT2D eigenvalue weighted by molar-refractivity contribution is 0.358. The number of ether oxygens (including phenoxy) is 1. The van der Waals surface area contributed by atoms with Gasteiger partial charge >= 0.3 is 0 Å². The number of nitrogens with zero attached hydrogens (tertiary/aromatic N) is 1. The molecule has 0 aliphatic carbocycles. The van der Waals surface area contributed by atoms with Gasteiger partial charge in [0.25, 0.3) is 0 Å². The predicted octanol–water partition coefficient (Wildman–Crippen LogP) is 3.29. The van der Waals surface area contributed by atoms with Gasteiger partial charge in [0.15, 0.2) is 0 Å². The SMILES string of the molecule is COc1nc2ccc(F)cc2cc1C(c1ccc(O)cc1)C(C)(N)CCN. The topological polar surface area (TPSA) is 94.4 Å². The lowest BCUT2D eigenvalue weighted by Gasteiger charge is -2.35. The molecule has 3 aromatic rings. The Bertz CT molecular complexity index is 942. The minimum Gasteiger partial charge on any atom is -0.508 e. The van der Waals surface area contributed by atoms with E-state index in [1.165, 1.54) is 12.1 Å². The van der Waals surface area contributed by atoms with Gasteiger partial charge in [-0.05, 0) is 61.9 Å². The Balaban J connectivity index is 2.25. The average molecular weight is 369 g/mol. The number of aromatic nitrogens is 1. The molecule has 0 fully saturated rings. The second kappa shape index (κ2) is 7.50. The van der Waals surface area contributed by atoms with Crippen molar-refractivity contribution in [2.45, 2.75) is 24.8 Å². The molecule has 3 rings (SSSR count). The van der Waals surface area contributed by atoms with E-state index in [-0.39, 0.29) is 17.5 Å². The summed E-state index contributed by atoms with van der Waals surface area (Å²) in [6, 6.07) is 13.2. The predicted molar refractivity (Wildman–Crippen MR) is 104 cm³/mol. The van der Waals surface area contributed by atoms with E-state index in [0.717, 1.165) is 11.1 Å². The molecule has 0 saturated carbocycles. The van der Waals surface area contributed by atoms with Gasteiger partial charge in [0.05, 0.1) is 12.6 Å². The van der Waals surface area contributed by atoms with Gasteiger partial charge < -0.3 is 21.3 Å². The van der Waals surface area contributed by atoms with E-state index in [4.69, 9.17) is 16.2 Å². The number of benzene rings is 2. The maximum Gasteiger partial charge on any atom is 0.217 e. The quantitative estimate of drug-likeness (QED) is 0.620. The summed E-state index contributed by atoms with van der Waals surface area (Å²) in [5, 5.41) is 10.3. The molecule has 27 heavy (non-hydrogen) atoms. The van der Waals surface area contributed by atoms with Crippen LogP contribution in [-0.2, 0) is 0 Å². The number of hydrogen-bond acceptors (Lipinski definition) is 5. The first-order chi connectivity index (χ1) is 12.9.